The smallest absolute Gasteiger partial charge is 0.276 e. The first-order valence-corrected chi connectivity index (χ1v) is 7.06. The van der Waals surface area contributed by atoms with Crippen molar-refractivity contribution in [1.82, 2.24) is 15.5 Å². The molecule has 3 N–H and O–H groups in total. The molecule has 2 heterocycles. The molecule has 1 aliphatic heterocycles. The number of rotatable bonds is 3. The molecule has 1 fully saturated rings. The van der Waals surface area contributed by atoms with E-state index in [9.17, 15) is 9.18 Å². The Balaban J connectivity index is 1.71. The number of carbonyl (C=O) groups excluding carboxylic acids is 1. The van der Waals surface area contributed by atoms with Crippen molar-refractivity contribution in [1.29, 1.82) is 0 Å². The van der Waals surface area contributed by atoms with Gasteiger partial charge in [0.15, 0.2) is 5.69 Å². The van der Waals surface area contributed by atoms with E-state index in [1.165, 1.54) is 12.1 Å². The minimum Gasteiger partial charge on any atom is -0.318 e. The first-order chi connectivity index (χ1) is 10.2. The maximum atomic E-state index is 13.5. The summed E-state index contributed by atoms with van der Waals surface area (Å²) in [6.45, 7) is 1.95. The van der Waals surface area contributed by atoms with Gasteiger partial charge in [-0.15, -0.1) is 0 Å². The molecule has 0 radical (unpaired) electrons. The van der Waals surface area contributed by atoms with Gasteiger partial charge in [-0.2, -0.15) is 5.10 Å². The molecule has 1 saturated heterocycles. The molecular formula is C15H17FN4O. The van der Waals surface area contributed by atoms with Crippen LogP contribution >= 0.6 is 0 Å². The molecule has 5 nitrogen and oxygen atoms in total. The molecule has 0 aliphatic carbocycles. The molecule has 1 aromatic heterocycles. The molecule has 21 heavy (non-hydrogen) atoms. The van der Waals surface area contributed by atoms with Crippen LogP contribution in [0.1, 0.15) is 34.9 Å². The number of nitrogens with one attached hydrogen (secondary N) is 3. The third-order valence-electron chi connectivity index (χ3n) is 3.73. The van der Waals surface area contributed by atoms with E-state index in [1.54, 1.807) is 18.2 Å². The number of nitrogens with zero attached hydrogens (tertiary/aromatic N) is 1. The van der Waals surface area contributed by atoms with Gasteiger partial charge in [0.25, 0.3) is 5.91 Å². The summed E-state index contributed by atoms with van der Waals surface area (Å²) < 4.78 is 13.5. The number of hydrogen-bond acceptors (Lipinski definition) is 3. The molecule has 110 valence electrons. The summed E-state index contributed by atoms with van der Waals surface area (Å²) in [7, 11) is 0. The zero-order valence-corrected chi connectivity index (χ0v) is 11.5. The van der Waals surface area contributed by atoms with Crippen LogP contribution < -0.4 is 10.6 Å². The molecule has 1 aliphatic rings. The van der Waals surface area contributed by atoms with Crippen LogP contribution in [0.3, 0.4) is 0 Å². The lowest BCUT2D eigenvalue weighted by Crippen LogP contribution is -2.26. The molecule has 3 rings (SSSR count). The van der Waals surface area contributed by atoms with Crippen molar-refractivity contribution in [3.8, 4) is 0 Å². The molecule has 0 bridgehead atoms. The average Bonchev–Trinajstić information content (AvgIpc) is 3.00. The lowest BCUT2D eigenvalue weighted by atomic mass is 9.94. The molecule has 0 atom stereocenters. The van der Waals surface area contributed by atoms with Crippen LogP contribution in [0.15, 0.2) is 30.3 Å². The predicted octanol–water partition coefficient (Wildman–Crippen LogP) is 2.27. The lowest BCUT2D eigenvalue weighted by molar-refractivity contribution is 0.102. The van der Waals surface area contributed by atoms with Gasteiger partial charge in [0.1, 0.15) is 5.82 Å². The fraction of sp³-hybridized carbons (Fsp3) is 0.333. The maximum Gasteiger partial charge on any atom is 0.276 e. The van der Waals surface area contributed by atoms with Gasteiger partial charge in [-0.1, -0.05) is 12.1 Å². The number of H-pyrrole nitrogens is 1. The quantitative estimate of drug-likeness (QED) is 0.811. The van der Waals surface area contributed by atoms with E-state index in [0.29, 0.717) is 5.92 Å². The topological polar surface area (TPSA) is 69.8 Å². The van der Waals surface area contributed by atoms with Gasteiger partial charge < -0.3 is 10.6 Å². The van der Waals surface area contributed by atoms with Gasteiger partial charge in [-0.3, -0.25) is 9.89 Å². The van der Waals surface area contributed by atoms with Gasteiger partial charge in [0.05, 0.1) is 5.69 Å². The Kier molecular flexibility index (Phi) is 3.96. The van der Waals surface area contributed by atoms with Crippen LogP contribution in [0.4, 0.5) is 10.1 Å². The summed E-state index contributed by atoms with van der Waals surface area (Å²) >= 11 is 0. The summed E-state index contributed by atoms with van der Waals surface area (Å²) in [4.78, 5) is 12.1. The SMILES string of the molecule is O=C(Nc1ccccc1F)c1cc(C2CCNCC2)[nH]n1. The standard InChI is InChI=1S/C15H17FN4O/c16-11-3-1-2-4-12(11)18-15(21)14-9-13(19-20-14)10-5-7-17-8-6-10/h1-4,9-10,17H,5-8H2,(H,18,21)(H,19,20). The van der Waals surface area contributed by atoms with E-state index in [4.69, 9.17) is 0 Å². The van der Waals surface area contributed by atoms with Gasteiger partial charge in [-0.25, -0.2) is 4.39 Å². The normalized spacial score (nSPS) is 15.9. The Morgan fingerprint density at radius 1 is 1.29 bits per heavy atom. The number of aromatic nitrogens is 2. The average molecular weight is 288 g/mol. The molecule has 1 aromatic carbocycles. The third-order valence-corrected chi connectivity index (χ3v) is 3.73. The fourth-order valence-electron chi connectivity index (χ4n) is 2.54. The molecule has 0 saturated carbocycles. The monoisotopic (exact) mass is 288 g/mol. The fourth-order valence-corrected chi connectivity index (χ4v) is 2.54. The highest BCUT2D eigenvalue weighted by atomic mass is 19.1. The summed E-state index contributed by atoms with van der Waals surface area (Å²) in [6.07, 6.45) is 2.05. The van der Waals surface area contributed by atoms with Crippen molar-refractivity contribution in [3.05, 3.63) is 47.5 Å². The van der Waals surface area contributed by atoms with E-state index in [1.807, 2.05) is 0 Å². The predicted molar refractivity (Wildman–Crippen MR) is 77.8 cm³/mol. The Bertz CT molecular complexity index is 634. The lowest BCUT2D eigenvalue weighted by Gasteiger charge is -2.20. The zero-order chi connectivity index (χ0) is 14.7. The van der Waals surface area contributed by atoms with E-state index in [2.05, 4.69) is 20.8 Å². The number of hydrogen-bond donors (Lipinski definition) is 3. The first-order valence-electron chi connectivity index (χ1n) is 7.06. The van der Waals surface area contributed by atoms with Crippen molar-refractivity contribution in [2.45, 2.75) is 18.8 Å². The summed E-state index contributed by atoms with van der Waals surface area (Å²) in [5, 5.41) is 12.8. The van der Waals surface area contributed by atoms with E-state index < -0.39 is 11.7 Å². The van der Waals surface area contributed by atoms with Gasteiger partial charge >= 0.3 is 0 Å². The van der Waals surface area contributed by atoms with E-state index in [0.717, 1.165) is 31.6 Å². The first kappa shape index (κ1) is 13.8. The Hall–Kier alpha value is -2.21. The van der Waals surface area contributed by atoms with Crippen LogP contribution in [0.5, 0.6) is 0 Å². The second kappa shape index (κ2) is 6.05. The van der Waals surface area contributed by atoms with E-state index >= 15 is 0 Å². The summed E-state index contributed by atoms with van der Waals surface area (Å²) in [5.41, 5.74) is 1.41. The summed E-state index contributed by atoms with van der Waals surface area (Å²) in [5.74, 6) is -0.467. The molecule has 0 spiro atoms. The second-order valence-corrected chi connectivity index (χ2v) is 5.17. The van der Waals surface area contributed by atoms with E-state index in [-0.39, 0.29) is 11.4 Å². The minimum atomic E-state index is -0.458. The highest BCUT2D eigenvalue weighted by Gasteiger charge is 2.19. The van der Waals surface area contributed by atoms with Crippen LogP contribution in [-0.2, 0) is 0 Å². The molecule has 0 unspecified atom stereocenters. The zero-order valence-electron chi connectivity index (χ0n) is 11.5. The van der Waals surface area contributed by atoms with Crippen LogP contribution in [0.25, 0.3) is 0 Å². The Morgan fingerprint density at radius 2 is 2.05 bits per heavy atom. The highest BCUT2D eigenvalue weighted by Crippen LogP contribution is 2.24. The maximum absolute atomic E-state index is 13.5. The van der Waals surface area contributed by atoms with Crippen LogP contribution in [0, 0.1) is 5.82 Å². The largest absolute Gasteiger partial charge is 0.318 e. The molecule has 2 aromatic rings. The molecular weight excluding hydrogens is 271 g/mol. The number of para-hydroxylation sites is 1. The number of aromatic amines is 1. The number of amides is 1. The number of piperidine rings is 1. The van der Waals surface area contributed by atoms with Crippen LogP contribution in [-0.4, -0.2) is 29.2 Å². The number of carbonyl (C=O) groups is 1. The third kappa shape index (κ3) is 3.11. The van der Waals surface area contributed by atoms with Crippen molar-refractivity contribution in [3.63, 3.8) is 0 Å². The highest BCUT2D eigenvalue weighted by molar-refractivity contribution is 6.02. The summed E-state index contributed by atoms with van der Waals surface area (Å²) in [6, 6.07) is 7.83. The van der Waals surface area contributed by atoms with Gasteiger partial charge in [0, 0.05) is 11.6 Å². The van der Waals surface area contributed by atoms with Crippen molar-refractivity contribution in [2.75, 3.05) is 18.4 Å². The minimum absolute atomic E-state index is 0.161. The van der Waals surface area contributed by atoms with Crippen molar-refractivity contribution < 1.29 is 9.18 Å². The number of anilines is 1. The van der Waals surface area contributed by atoms with Gasteiger partial charge in [-0.05, 0) is 44.1 Å². The Labute approximate surface area is 121 Å². The molecule has 6 heteroatoms. The van der Waals surface area contributed by atoms with Gasteiger partial charge in [0.2, 0.25) is 0 Å². The number of halogens is 1. The molecule has 1 amide bonds. The second-order valence-electron chi connectivity index (χ2n) is 5.17. The van der Waals surface area contributed by atoms with Crippen molar-refractivity contribution >= 4 is 11.6 Å². The van der Waals surface area contributed by atoms with Crippen molar-refractivity contribution in [2.24, 2.45) is 0 Å². The van der Waals surface area contributed by atoms with Crippen LogP contribution in [0.2, 0.25) is 0 Å². The number of benzene rings is 1. The Morgan fingerprint density at radius 3 is 2.81 bits per heavy atom.